The fourth-order valence-corrected chi connectivity index (χ4v) is 7.61. The van der Waals surface area contributed by atoms with Gasteiger partial charge in [-0.05, 0) is 80.5 Å². The summed E-state index contributed by atoms with van der Waals surface area (Å²) in [4.78, 5) is 11.8. The Bertz CT molecular complexity index is 534. The average Bonchev–Trinajstić information content (AvgIpc) is 2.88. The van der Waals surface area contributed by atoms with Gasteiger partial charge in [0.15, 0.2) is 0 Å². The quantitative estimate of drug-likeness (QED) is 0.688. The smallest absolute Gasteiger partial charge is 0.307 e. The molecule has 4 aliphatic carbocycles. The molecule has 0 radical (unpaired) electrons. The lowest BCUT2D eigenvalue weighted by atomic mass is 9.44. The van der Waals surface area contributed by atoms with E-state index < -0.39 is 23.4 Å². The van der Waals surface area contributed by atoms with Gasteiger partial charge >= 0.3 is 5.97 Å². The first-order chi connectivity index (χ1) is 11.3. The number of aliphatic hydroxyl groups excluding tert-OH is 2. The fourth-order valence-electron chi connectivity index (χ4n) is 7.61. The molecule has 0 aromatic rings. The second-order valence-corrected chi connectivity index (χ2v) is 9.67. The normalized spacial score (nSPS) is 56.9. The lowest BCUT2D eigenvalue weighted by Crippen LogP contribution is -2.59. The molecule has 3 N–H and O–H groups in total. The highest BCUT2D eigenvalue weighted by molar-refractivity contribution is 5.71. The number of rotatable bonds is 1. The highest BCUT2D eigenvalue weighted by atomic mass is 16.4. The monoisotopic (exact) mass is 336 g/mol. The van der Waals surface area contributed by atoms with Crippen LogP contribution in [0.5, 0.6) is 0 Å². The van der Waals surface area contributed by atoms with Crippen molar-refractivity contribution < 1.29 is 20.1 Å². The van der Waals surface area contributed by atoms with Gasteiger partial charge < -0.3 is 15.3 Å². The molecule has 0 aromatic carbocycles. The molecule has 4 heteroatoms. The third kappa shape index (κ3) is 2.08. The molecule has 4 nitrogen and oxygen atoms in total. The Kier molecular flexibility index (Phi) is 3.82. The van der Waals surface area contributed by atoms with E-state index in [1.807, 2.05) is 6.92 Å². The molecule has 0 unspecified atom stereocenters. The van der Waals surface area contributed by atoms with Crippen molar-refractivity contribution in [3.05, 3.63) is 0 Å². The minimum atomic E-state index is -0.724. The van der Waals surface area contributed by atoms with Crippen LogP contribution < -0.4 is 0 Å². The molecule has 0 bridgehead atoms. The van der Waals surface area contributed by atoms with E-state index in [2.05, 4.69) is 6.92 Å². The number of carbonyl (C=O) groups is 1. The number of carboxylic acid groups (broad SMARTS) is 1. The van der Waals surface area contributed by atoms with Crippen LogP contribution in [0.3, 0.4) is 0 Å². The van der Waals surface area contributed by atoms with Gasteiger partial charge in [0.1, 0.15) is 0 Å². The zero-order valence-corrected chi connectivity index (χ0v) is 14.9. The first-order valence-corrected chi connectivity index (χ1v) is 9.87. The van der Waals surface area contributed by atoms with E-state index in [4.69, 9.17) is 0 Å². The maximum Gasteiger partial charge on any atom is 0.307 e. The number of hydrogen-bond acceptors (Lipinski definition) is 3. The minimum Gasteiger partial charge on any atom is -0.481 e. The number of aliphatic hydroxyl groups is 2. The Morgan fingerprint density at radius 3 is 2.42 bits per heavy atom. The molecule has 0 amide bonds. The zero-order chi connectivity index (χ0) is 17.3. The molecule has 4 aliphatic rings. The summed E-state index contributed by atoms with van der Waals surface area (Å²) < 4.78 is 0. The predicted molar refractivity (Wildman–Crippen MR) is 90.2 cm³/mol. The summed E-state index contributed by atoms with van der Waals surface area (Å²) in [6, 6.07) is 0. The van der Waals surface area contributed by atoms with Crippen molar-refractivity contribution in [1.82, 2.24) is 0 Å². The SMILES string of the molecule is C[C@]12CC[C@@H](O)C[C@@H]1CC[C@@H]1[C@@H]2C[C@H](O)[C@]2(C)[C@H](C(=O)O)CC[C@@H]12. The van der Waals surface area contributed by atoms with Gasteiger partial charge in [0.2, 0.25) is 0 Å². The predicted octanol–water partition coefficient (Wildman–Crippen LogP) is 3.06. The average molecular weight is 336 g/mol. The van der Waals surface area contributed by atoms with Crippen molar-refractivity contribution in [2.24, 2.45) is 40.4 Å². The van der Waals surface area contributed by atoms with Crippen LogP contribution in [0.1, 0.15) is 65.2 Å². The van der Waals surface area contributed by atoms with Gasteiger partial charge in [-0.3, -0.25) is 4.79 Å². The molecule has 4 fully saturated rings. The van der Waals surface area contributed by atoms with Gasteiger partial charge in [-0.1, -0.05) is 13.8 Å². The Balaban J connectivity index is 1.66. The Labute approximate surface area is 144 Å². The second kappa shape index (κ2) is 5.44. The minimum absolute atomic E-state index is 0.152. The summed E-state index contributed by atoms with van der Waals surface area (Å²) in [6.07, 6.45) is 6.93. The molecule has 0 aromatic heterocycles. The largest absolute Gasteiger partial charge is 0.481 e. The van der Waals surface area contributed by atoms with Crippen molar-refractivity contribution in [2.45, 2.75) is 77.4 Å². The fraction of sp³-hybridized carbons (Fsp3) is 0.950. The van der Waals surface area contributed by atoms with Crippen LogP contribution in [0.25, 0.3) is 0 Å². The lowest BCUT2D eigenvalue weighted by molar-refractivity contribution is -0.180. The standard InChI is InChI=1S/C20H32O4/c1-19-8-7-12(21)9-11(19)3-4-13-14-5-6-15(18(23)24)20(14,2)17(22)10-16(13)19/h11-17,21-22H,3-10H2,1-2H3,(H,23,24)/t11-,12+,13-,14-,15-,16-,17-,19-,20-/m0/s1. The maximum absolute atomic E-state index is 11.8. The van der Waals surface area contributed by atoms with Crippen molar-refractivity contribution in [1.29, 1.82) is 0 Å². The Morgan fingerprint density at radius 2 is 1.71 bits per heavy atom. The molecule has 136 valence electrons. The molecular formula is C20H32O4. The van der Waals surface area contributed by atoms with E-state index in [-0.39, 0.29) is 11.5 Å². The van der Waals surface area contributed by atoms with E-state index >= 15 is 0 Å². The van der Waals surface area contributed by atoms with E-state index in [0.717, 1.165) is 51.4 Å². The van der Waals surface area contributed by atoms with Crippen LogP contribution in [0.2, 0.25) is 0 Å². The third-order valence-corrected chi connectivity index (χ3v) is 9.04. The van der Waals surface area contributed by atoms with E-state index in [1.165, 1.54) is 0 Å². The Morgan fingerprint density at radius 1 is 0.958 bits per heavy atom. The molecule has 0 saturated heterocycles. The summed E-state index contributed by atoms with van der Waals surface area (Å²) in [5.74, 6) is 0.840. The molecular weight excluding hydrogens is 304 g/mol. The number of carboxylic acids is 1. The van der Waals surface area contributed by atoms with Crippen molar-refractivity contribution in [3.8, 4) is 0 Å². The number of hydrogen-bond donors (Lipinski definition) is 3. The van der Waals surface area contributed by atoms with Gasteiger partial charge in [-0.15, -0.1) is 0 Å². The van der Waals surface area contributed by atoms with Gasteiger partial charge in [0.05, 0.1) is 18.1 Å². The molecule has 9 atom stereocenters. The molecule has 24 heavy (non-hydrogen) atoms. The summed E-state index contributed by atoms with van der Waals surface area (Å²) >= 11 is 0. The van der Waals surface area contributed by atoms with Crippen molar-refractivity contribution >= 4 is 5.97 Å². The Hall–Kier alpha value is -0.610. The summed E-state index contributed by atoms with van der Waals surface area (Å²) in [7, 11) is 0. The summed E-state index contributed by atoms with van der Waals surface area (Å²) in [5, 5.41) is 30.8. The topological polar surface area (TPSA) is 77.8 Å². The third-order valence-electron chi connectivity index (χ3n) is 9.04. The van der Waals surface area contributed by atoms with Gasteiger partial charge in [-0.25, -0.2) is 0 Å². The molecule has 0 aliphatic heterocycles. The summed E-state index contributed by atoms with van der Waals surface area (Å²) in [6.45, 7) is 4.43. The number of fused-ring (bicyclic) bond motifs is 5. The van der Waals surface area contributed by atoms with Crippen LogP contribution >= 0.6 is 0 Å². The molecule has 4 saturated carbocycles. The number of aliphatic carboxylic acids is 1. The van der Waals surface area contributed by atoms with Crippen molar-refractivity contribution in [2.75, 3.05) is 0 Å². The van der Waals surface area contributed by atoms with Crippen LogP contribution in [-0.4, -0.2) is 33.5 Å². The first kappa shape index (κ1) is 16.8. The van der Waals surface area contributed by atoms with Crippen LogP contribution in [0.15, 0.2) is 0 Å². The molecule has 0 spiro atoms. The van der Waals surface area contributed by atoms with E-state index in [0.29, 0.717) is 23.7 Å². The zero-order valence-electron chi connectivity index (χ0n) is 14.9. The van der Waals surface area contributed by atoms with Gasteiger partial charge in [0, 0.05) is 5.41 Å². The maximum atomic E-state index is 11.8. The lowest BCUT2D eigenvalue weighted by Gasteiger charge is -2.61. The molecule has 4 rings (SSSR count). The van der Waals surface area contributed by atoms with Gasteiger partial charge in [-0.2, -0.15) is 0 Å². The highest BCUT2D eigenvalue weighted by Crippen LogP contribution is 2.67. The first-order valence-electron chi connectivity index (χ1n) is 9.87. The van der Waals surface area contributed by atoms with Gasteiger partial charge in [0.25, 0.3) is 0 Å². The second-order valence-electron chi connectivity index (χ2n) is 9.67. The van der Waals surface area contributed by atoms with Crippen LogP contribution in [-0.2, 0) is 4.79 Å². The summed E-state index contributed by atoms with van der Waals surface area (Å²) in [5.41, 5.74) is -0.240. The van der Waals surface area contributed by atoms with E-state index in [9.17, 15) is 20.1 Å². The highest BCUT2D eigenvalue weighted by Gasteiger charge is 2.64. The van der Waals surface area contributed by atoms with E-state index in [1.54, 1.807) is 0 Å². The van der Waals surface area contributed by atoms with Crippen LogP contribution in [0, 0.1) is 40.4 Å². The molecule has 0 heterocycles. The van der Waals surface area contributed by atoms with Crippen LogP contribution in [0.4, 0.5) is 0 Å². The van der Waals surface area contributed by atoms with Crippen molar-refractivity contribution in [3.63, 3.8) is 0 Å².